The smallest absolute Gasteiger partial charge is 0.161 e. The van der Waals surface area contributed by atoms with Gasteiger partial charge in [-0.15, -0.1) is 0 Å². The van der Waals surface area contributed by atoms with Crippen molar-refractivity contribution < 1.29 is 9.47 Å². The number of benzene rings is 1. The van der Waals surface area contributed by atoms with Crippen LogP contribution in [0.25, 0.3) is 0 Å². The third-order valence-electron chi connectivity index (χ3n) is 3.70. The summed E-state index contributed by atoms with van der Waals surface area (Å²) >= 11 is 0. The Balaban J connectivity index is 2.22. The maximum Gasteiger partial charge on any atom is 0.161 e. The molecule has 2 unspecified atom stereocenters. The van der Waals surface area contributed by atoms with Crippen LogP contribution in [-0.4, -0.2) is 33.9 Å². The fourth-order valence-electron chi connectivity index (χ4n) is 2.69. The maximum absolute atomic E-state index is 5.66. The van der Waals surface area contributed by atoms with Crippen molar-refractivity contribution in [3.05, 3.63) is 23.8 Å². The van der Waals surface area contributed by atoms with Gasteiger partial charge >= 0.3 is 0 Å². The molecule has 4 heteroatoms. The molecule has 1 aromatic rings. The number of ether oxygens (including phenoxy) is 2. The minimum absolute atomic E-state index is 0.327. The Bertz CT molecular complexity index is 409. The van der Waals surface area contributed by atoms with Gasteiger partial charge < -0.3 is 20.1 Å². The van der Waals surface area contributed by atoms with Crippen LogP contribution in [0.3, 0.4) is 0 Å². The van der Waals surface area contributed by atoms with Crippen molar-refractivity contribution in [1.82, 2.24) is 10.6 Å². The van der Waals surface area contributed by atoms with E-state index in [-0.39, 0.29) is 0 Å². The number of hydrogen-bond donors (Lipinski definition) is 2. The van der Waals surface area contributed by atoms with E-state index in [1.54, 1.807) is 0 Å². The van der Waals surface area contributed by atoms with Gasteiger partial charge in [-0.3, -0.25) is 0 Å². The van der Waals surface area contributed by atoms with Gasteiger partial charge in [0.2, 0.25) is 0 Å². The van der Waals surface area contributed by atoms with Crippen LogP contribution in [0, 0.1) is 5.92 Å². The van der Waals surface area contributed by atoms with Crippen molar-refractivity contribution in [2.24, 2.45) is 5.92 Å². The van der Waals surface area contributed by atoms with Gasteiger partial charge in [0.1, 0.15) is 13.2 Å². The van der Waals surface area contributed by atoms with E-state index in [0.29, 0.717) is 25.2 Å². The zero-order valence-electron chi connectivity index (χ0n) is 12.0. The molecule has 19 heavy (non-hydrogen) atoms. The minimum Gasteiger partial charge on any atom is -0.486 e. The summed E-state index contributed by atoms with van der Waals surface area (Å²) in [6.45, 7) is 4.49. The molecule has 0 bridgehead atoms. The number of fused-ring (bicyclic) bond motifs is 1. The predicted molar refractivity (Wildman–Crippen MR) is 76.9 cm³/mol. The summed E-state index contributed by atoms with van der Waals surface area (Å²) in [6.07, 6.45) is 1.13. The van der Waals surface area contributed by atoms with Crippen LogP contribution in [0.5, 0.6) is 11.5 Å². The SMILES string of the molecule is CCC(CNC)C(NC)c1ccc2c(c1)OCCO2. The van der Waals surface area contributed by atoms with Crippen molar-refractivity contribution in [1.29, 1.82) is 0 Å². The molecule has 106 valence electrons. The summed E-state index contributed by atoms with van der Waals surface area (Å²) in [4.78, 5) is 0. The van der Waals surface area contributed by atoms with E-state index in [1.807, 2.05) is 20.2 Å². The fourth-order valence-corrected chi connectivity index (χ4v) is 2.69. The molecular weight excluding hydrogens is 240 g/mol. The van der Waals surface area contributed by atoms with Gasteiger partial charge in [0.25, 0.3) is 0 Å². The molecule has 1 aliphatic heterocycles. The average molecular weight is 264 g/mol. The van der Waals surface area contributed by atoms with E-state index in [4.69, 9.17) is 9.47 Å². The Morgan fingerprint density at radius 3 is 2.53 bits per heavy atom. The van der Waals surface area contributed by atoms with Crippen molar-refractivity contribution >= 4 is 0 Å². The monoisotopic (exact) mass is 264 g/mol. The second-order valence-electron chi connectivity index (χ2n) is 4.90. The van der Waals surface area contributed by atoms with Gasteiger partial charge in [0, 0.05) is 6.04 Å². The first kappa shape index (κ1) is 14.2. The lowest BCUT2D eigenvalue weighted by Gasteiger charge is -2.27. The third kappa shape index (κ3) is 3.19. The summed E-state index contributed by atoms with van der Waals surface area (Å²) in [6, 6.07) is 6.58. The van der Waals surface area contributed by atoms with Crippen LogP contribution in [0.4, 0.5) is 0 Å². The zero-order valence-corrected chi connectivity index (χ0v) is 12.0. The molecular formula is C15H24N2O2. The Morgan fingerprint density at radius 2 is 1.89 bits per heavy atom. The van der Waals surface area contributed by atoms with Crippen molar-refractivity contribution in [3.63, 3.8) is 0 Å². The van der Waals surface area contributed by atoms with E-state index in [0.717, 1.165) is 24.5 Å². The van der Waals surface area contributed by atoms with Gasteiger partial charge in [-0.25, -0.2) is 0 Å². The predicted octanol–water partition coefficient (Wildman–Crippen LogP) is 1.96. The lowest BCUT2D eigenvalue weighted by molar-refractivity contribution is 0.171. The standard InChI is InChI=1S/C15H24N2O2/c1-4-11(10-16-2)15(17-3)12-5-6-13-14(9-12)19-8-7-18-13/h5-6,9,11,15-17H,4,7-8,10H2,1-3H3. The highest BCUT2D eigenvalue weighted by molar-refractivity contribution is 5.44. The van der Waals surface area contributed by atoms with E-state index < -0.39 is 0 Å². The highest BCUT2D eigenvalue weighted by Gasteiger charge is 2.22. The van der Waals surface area contributed by atoms with Crippen LogP contribution in [0.1, 0.15) is 24.9 Å². The molecule has 2 N–H and O–H groups in total. The summed E-state index contributed by atoms with van der Waals surface area (Å²) in [5.41, 5.74) is 1.26. The summed E-state index contributed by atoms with van der Waals surface area (Å²) in [5.74, 6) is 2.27. The molecule has 1 aliphatic rings. The molecule has 0 saturated heterocycles. The average Bonchev–Trinajstić information content (AvgIpc) is 2.47. The van der Waals surface area contributed by atoms with Gasteiger partial charge in [-0.2, -0.15) is 0 Å². The second-order valence-corrected chi connectivity index (χ2v) is 4.90. The quantitative estimate of drug-likeness (QED) is 0.824. The highest BCUT2D eigenvalue weighted by Crippen LogP contribution is 2.34. The fraction of sp³-hybridized carbons (Fsp3) is 0.600. The van der Waals surface area contributed by atoms with E-state index in [1.165, 1.54) is 5.56 Å². The van der Waals surface area contributed by atoms with Crippen LogP contribution in [0.15, 0.2) is 18.2 Å². The Morgan fingerprint density at radius 1 is 1.16 bits per heavy atom. The second kappa shape index (κ2) is 6.78. The van der Waals surface area contributed by atoms with Crippen molar-refractivity contribution in [3.8, 4) is 11.5 Å². The van der Waals surface area contributed by atoms with E-state index >= 15 is 0 Å². The largest absolute Gasteiger partial charge is 0.486 e. The first-order valence-electron chi connectivity index (χ1n) is 7.01. The number of nitrogens with one attached hydrogen (secondary N) is 2. The first-order chi connectivity index (χ1) is 9.30. The molecule has 0 radical (unpaired) electrons. The molecule has 0 saturated carbocycles. The minimum atomic E-state index is 0.327. The molecule has 0 spiro atoms. The Hall–Kier alpha value is -1.26. The molecule has 0 aromatic heterocycles. The van der Waals surface area contributed by atoms with Gasteiger partial charge in [0.15, 0.2) is 11.5 Å². The molecule has 1 aromatic carbocycles. The Kier molecular flexibility index (Phi) is 5.05. The van der Waals surface area contributed by atoms with Crippen LogP contribution in [-0.2, 0) is 0 Å². The number of rotatable bonds is 6. The highest BCUT2D eigenvalue weighted by atomic mass is 16.6. The Labute approximate surface area is 115 Å². The molecule has 0 aliphatic carbocycles. The molecule has 0 amide bonds. The lowest BCUT2D eigenvalue weighted by atomic mass is 9.90. The van der Waals surface area contributed by atoms with Crippen molar-refractivity contribution in [2.75, 3.05) is 33.9 Å². The molecule has 4 nitrogen and oxygen atoms in total. The normalized spacial score (nSPS) is 17.0. The van der Waals surface area contributed by atoms with E-state index in [2.05, 4.69) is 29.7 Å². The van der Waals surface area contributed by atoms with E-state index in [9.17, 15) is 0 Å². The molecule has 2 atom stereocenters. The third-order valence-corrected chi connectivity index (χ3v) is 3.70. The maximum atomic E-state index is 5.66. The van der Waals surface area contributed by atoms with Crippen LogP contribution < -0.4 is 20.1 Å². The summed E-state index contributed by atoms with van der Waals surface area (Å²) in [5, 5.41) is 6.69. The zero-order chi connectivity index (χ0) is 13.7. The van der Waals surface area contributed by atoms with Gasteiger partial charge in [-0.05, 0) is 44.3 Å². The summed E-state index contributed by atoms with van der Waals surface area (Å²) in [7, 11) is 4.01. The topological polar surface area (TPSA) is 42.5 Å². The van der Waals surface area contributed by atoms with Crippen LogP contribution >= 0.6 is 0 Å². The van der Waals surface area contributed by atoms with Crippen molar-refractivity contribution in [2.45, 2.75) is 19.4 Å². The van der Waals surface area contributed by atoms with Crippen LogP contribution in [0.2, 0.25) is 0 Å². The molecule has 1 heterocycles. The summed E-state index contributed by atoms with van der Waals surface area (Å²) < 4.78 is 11.2. The lowest BCUT2D eigenvalue weighted by Crippen LogP contribution is -2.31. The number of hydrogen-bond acceptors (Lipinski definition) is 4. The first-order valence-corrected chi connectivity index (χ1v) is 7.01. The van der Waals surface area contributed by atoms with Gasteiger partial charge in [0.05, 0.1) is 0 Å². The molecule has 0 fully saturated rings. The molecule has 2 rings (SSSR count). The van der Waals surface area contributed by atoms with Gasteiger partial charge in [-0.1, -0.05) is 19.4 Å².